The number of nitrogens with zero attached hydrogens (tertiary/aromatic N) is 7. The minimum absolute atomic E-state index is 0.0434. The average molecular weight is 548 g/mol. The van der Waals surface area contributed by atoms with Crippen molar-refractivity contribution < 1.29 is 4.92 Å². The zero-order chi connectivity index (χ0) is 28.8. The lowest BCUT2D eigenvalue weighted by molar-refractivity contribution is -0.384. The molecule has 11 nitrogen and oxygen atoms in total. The molecule has 0 spiro atoms. The fourth-order valence-electron chi connectivity index (χ4n) is 5.08. The molecule has 1 aliphatic heterocycles. The predicted octanol–water partition coefficient (Wildman–Crippen LogP) is 4.42. The number of para-hydroxylation sites is 1. The molecule has 0 fully saturated rings. The Morgan fingerprint density at radius 2 is 1.54 bits per heavy atom. The number of anilines is 1. The highest BCUT2D eigenvalue weighted by molar-refractivity contribution is 5.87. The van der Waals surface area contributed by atoms with Crippen molar-refractivity contribution in [1.29, 1.82) is 0 Å². The molecule has 1 unspecified atom stereocenters. The van der Waals surface area contributed by atoms with E-state index in [1.54, 1.807) is 30.2 Å². The molecule has 41 heavy (non-hydrogen) atoms. The molecule has 0 N–H and O–H groups in total. The zero-order valence-electron chi connectivity index (χ0n) is 22.5. The van der Waals surface area contributed by atoms with Crippen LogP contribution in [0.15, 0.2) is 99.6 Å². The number of aryl methyl sites for hydroxylation is 1. The van der Waals surface area contributed by atoms with Crippen molar-refractivity contribution in [2.75, 3.05) is 4.90 Å². The topological polar surface area (TPSA) is 121 Å². The summed E-state index contributed by atoms with van der Waals surface area (Å²) < 4.78 is 4.16. The molecule has 204 valence electrons. The molecule has 6 rings (SSSR count). The van der Waals surface area contributed by atoms with Gasteiger partial charge in [0.05, 0.1) is 34.2 Å². The number of non-ortho nitro benzene ring substituents is 1. The Morgan fingerprint density at radius 3 is 2.20 bits per heavy atom. The number of aliphatic imine (C=N–C) groups is 1. The quantitative estimate of drug-likeness (QED) is 0.237. The highest BCUT2D eigenvalue weighted by Crippen LogP contribution is 2.41. The van der Waals surface area contributed by atoms with Gasteiger partial charge in [-0.1, -0.05) is 35.9 Å². The summed E-state index contributed by atoms with van der Waals surface area (Å²) in [5.74, 6) is 0.258. The maximum absolute atomic E-state index is 13.8. The van der Waals surface area contributed by atoms with Gasteiger partial charge >= 0.3 is 5.69 Å². The van der Waals surface area contributed by atoms with Gasteiger partial charge in [-0.2, -0.15) is 5.10 Å². The van der Waals surface area contributed by atoms with Gasteiger partial charge in [-0.3, -0.25) is 24.0 Å². The van der Waals surface area contributed by atoms with Crippen molar-refractivity contribution in [3.63, 3.8) is 0 Å². The van der Waals surface area contributed by atoms with E-state index in [2.05, 4.69) is 4.99 Å². The van der Waals surface area contributed by atoms with Crippen LogP contribution in [0, 0.1) is 17.0 Å². The number of nitro benzene ring substituents is 1. The number of benzene rings is 3. The van der Waals surface area contributed by atoms with Gasteiger partial charge in [0.15, 0.2) is 0 Å². The van der Waals surface area contributed by atoms with Crippen LogP contribution in [0.25, 0.3) is 16.9 Å². The molecule has 0 amide bonds. The van der Waals surface area contributed by atoms with Crippen molar-refractivity contribution in [3.8, 4) is 16.9 Å². The van der Waals surface area contributed by atoms with Gasteiger partial charge in [0.2, 0.25) is 0 Å². The lowest BCUT2D eigenvalue weighted by Gasteiger charge is -2.34. The molecule has 0 bridgehead atoms. The van der Waals surface area contributed by atoms with E-state index in [0.717, 1.165) is 21.5 Å². The van der Waals surface area contributed by atoms with Crippen LogP contribution in [-0.4, -0.2) is 30.2 Å². The third kappa shape index (κ3) is 4.33. The molecule has 0 saturated heterocycles. The number of aromatic nitrogens is 4. The second-order valence-electron chi connectivity index (χ2n) is 9.85. The number of rotatable bonds is 5. The van der Waals surface area contributed by atoms with Gasteiger partial charge in [0, 0.05) is 49.2 Å². The summed E-state index contributed by atoms with van der Waals surface area (Å²) in [5.41, 5.74) is 3.79. The van der Waals surface area contributed by atoms with E-state index in [0.29, 0.717) is 22.4 Å². The number of hydrogen-bond donors (Lipinski definition) is 0. The van der Waals surface area contributed by atoms with E-state index in [9.17, 15) is 19.7 Å². The van der Waals surface area contributed by atoms with Crippen LogP contribution in [0.3, 0.4) is 0 Å². The summed E-state index contributed by atoms with van der Waals surface area (Å²) in [6, 6.07) is 22.8. The van der Waals surface area contributed by atoms with Crippen molar-refractivity contribution in [2.24, 2.45) is 19.1 Å². The number of fused-ring (bicyclic) bond motifs is 1. The first kappa shape index (κ1) is 25.7. The highest BCUT2D eigenvalue weighted by Gasteiger charge is 2.36. The van der Waals surface area contributed by atoms with Gasteiger partial charge in [-0.25, -0.2) is 14.5 Å². The summed E-state index contributed by atoms with van der Waals surface area (Å²) in [6.45, 7) is 1.99. The monoisotopic (exact) mass is 547 g/mol. The van der Waals surface area contributed by atoms with Gasteiger partial charge < -0.3 is 4.90 Å². The van der Waals surface area contributed by atoms with Gasteiger partial charge in [-0.05, 0) is 43.3 Å². The second-order valence-corrected chi connectivity index (χ2v) is 9.85. The average Bonchev–Trinajstić information content (AvgIpc) is 3.44. The molecule has 3 aromatic carbocycles. The van der Waals surface area contributed by atoms with E-state index >= 15 is 0 Å². The summed E-state index contributed by atoms with van der Waals surface area (Å²) >= 11 is 0. The van der Waals surface area contributed by atoms with Crippen LogP contribution in [0.5, 0.6) is 0 Å². The molecular weight excluding hydrogens is 522 g/mol. The molecule has 11 heteroatoms. The predicted molar refractivity (Wildman–Crippen MR) is 156 cm³/mol. The van der Waals surface area contributed by atoms with Crippen molar-refractivity contribution >= 4 is 23.5 Å². The van der Waals surface area contributed by atoms with Crippen LogP contribution in [0.2, 0.25) is 0 Å². The maximum atomic E-state index is 13.8. The molecular formula is C30H25N7O4. The fourth-order valence-corrected chi connectivity index (χ4v) is 5.08. The smallest absolute Gasteiger partial charge is 0.320 e. The molecule has 0 radical (unpaired) electrons. The first-order valence-electron chi connectivity index (χ1n) is 12.8. The second kappa shape index (κ2) is 9.87. The van der Waals surface area contributed by atoms with E-state index in [1.165, 1.54) is 23.7 Å². The number of nitro groups is 1. The molecule has 2 aromatic heterocycles. The van der Waals surface area contributed by atoms with Gasteiger partial charge in [0.25, 0.3) is 11.2 Å². The van der Waals surface area contributed by atoms with E-state index in [-0.39, 0.29) is 11.5 Å². The highest BCUT2D eigenvalue weighted by atomic mass is 16.6. The molecule has 3 heterocycles. The maximum Gasteiger partial charge on any atom is 0.332 e. The standard InChI is InChI=1S/C30H25N7O4/c1-19-9-13-21(14-10-19)35-18-31-28-25(29(38)34(3)30(39)33(28)2)27(35)24-17-36(22-7-5-4-6-8-22)32-26(24)20-11-15-23(16-12-20)37(40)41/h4-18,27H,1-3H3. The summed E-state index contributed by atoms with van der Waals surface area (Å²) in [7, 11) is 3.03. The van der Waals surface area contributed by atoms with Crippen LogP contribution in [0.4, 0.5) is 17.2 Å². The van der Waals surface area contributed by atoms with Gasteiger partial charge in [0.1, 0.15) is 5.82 Å². The minimum Gasteiger partial charge on any atom is -0.320 e. The molecule has 0 saturated carbocycles. The van der Waals surface area contributed by atoms with Crippen LogP contribution < -0.4 is 16.1 Å². The first-order chi connectivity index (χ1) is 19.7. The van der Waals surface area contributed by atoms with E-state index < -0.39 is 22.2 Å². The van der Waals surface area contributed by atoms with Crippen molar-refractivity contribution in [3.05, 3.63) is 133 Å². The normalized spacial score (nSPS) is 14.2. The largest absolute Gasteiger partial charge is 0.332 e. The Hall–Kier alpha value is -5.58. The van der Waals surface area contributed by atoms with Crippen LogP contribution in [-0.2, 0) is 14.1 Å². The molecule has 0 aliphatic carbocycles. The Balaban J connectivity index is 1.66. The van der Waals surface area contributed by atoms with Crippen molar-refractivity contribution in [2.45, 2.75) is 13.0 Å². The third-order valence-corrected chi connectivity index (χ3v) is 7.27. The summed E-state index contributed by atoms with van der Waals surface area (Å²) in [4.78, 5) is 43.9. The van der Waals surface area contributed by atoms with Crippen LogP contribution >= 0.6 is 0 Å². The fraction of sp³-hybridized carbons (Fsp3) is 0.133. The third-order valence-electron chi connectivity index (χ3n) is 7.27. The Bertz CT molecular complexity index is 1940. The molecule has 1 atom stereocenters. The Kier molecular flexibility index (Phi) is 6.18. The lowest BCUT2D eigenvalue weighted by Crippen LogP contribution is -2.44. The molecule has 1 aliphatic rings. The lowest BCUT2D eigenvalue weighted by atomic mass is 9.94. The number of hydrogen-bond acceptors (Lipinski definition) is 7. The van der Waals surface area contributed by atoms with Crippen molar-refractivity contribution in [1.82, 2.24) is 18.9 Å². The Labute approximate surface area is 234 Å². The summed E-state index contributed by atoms with van der Waals surface area (Å²) in [5, 5.41) is 16.2. The summed E-state index contributed by atoms with van der Waals surface area (Å²) in [6.07, 6.45) is 3.47. The van der Waals surface area contributed by atoms with Crippen LogP contribution in [0.1, 0.15) is 22.7 Å². The van der Waals surface area contributed by atoms with Gasteiger partial charge in [-0.15, -0.1) is 0 Å². The minimum atomic E-state index is -0.724. The zero-order valence-corrected chi connectivity index (χ0v) is 22.5. The van der Waals surface area contributed by atoms with E-state index in [4.69, 9.17) is 5.10 Å². The van der Waals surface area contributed by atoms with E-state index in [1.807, 2.05) is 72.6 Å². The Morgan fingerprint density at radius 1 is 0.854 bits per heavy atom. The first-order valence-corrected chi connectivity index (χ1v) is 12.8. The molecule has 5 aromatic rings. The SMILES string of the molecule is Cc1ccc(N2C=Nc3c(c(=O)n(C)c(=O)n3C)C2c2cn(-c3ccccc3)nc2-c2ccc([N+](=O)[O-])cc2)cc1.